The van der Waals surface area contributed by atoms with E-state index in [4.69, 9.17) is 9.47 Å². The predicted molar refractivity (Wildman–Crippen MR) is 102 cm³/mol. The van der Waals surface area contributed by atoms with Crippen LogP contribution >= 0.6 is 0 Å². The quantitative estimate of drug-likeness (QED) is 0.628. The highest BCUT2D eigenvalue weighted by Gasteiger charge is 2.01. The van der Waals surface area contributed by atoms with Gasteiger partial charge in [0.25, 0.3) is 0 Å². The minimum Gasteiger partial charge on any atom is -0.385 e. The van der Waals surface area contributed by atoms with Crippen LogP contribution in [0.5, 0.6) is 0 Å². The van der Waals surface area contributed by atoms with Crippen molar-refractivity contribution in [2.45, 2.75) is 67.0 Å². The highest BCUT2D eigenvalue weighted by atomic mass is 16.5. The van der Waals surface area contributed by atoms with Crippen molar-refractivity contribution in [1.29, 1.82) is 0 Å². The molecular formula is C20H37NO3. The molecule has 140 valence electrons. The Balaban J connectivity index is 0. The Hall–Kier alpha value is -1.39. The second kappa shape index (κ2) is 19.7. The van der Waals surface area contributed by atoms with Crippen molar-refractivity contribution in [2.75, 3.05) is 20.3 Å². The fraction of sp³-hybridized carbons (Fsp3) is 0.650. The van der Waals surface area contributed by atoms with Crippen LogP contribution in [0.25, 0.3) is 0 Å². The summed E-state index contributed by atoms with van der Waals surface area (Å²) in [6.07, 6.45) is 2.36. The first-order valence-electron chi connectivity index (χ1n) is 9.17. The van der Waals surface area contributed by atoms with Gasteiger partial charge in [-0.25, -0.2) is 0 Å². The minimum absolute atomic E-state index is 0.0968. The van der Waals surface area contributed by atoms with E-state index in [-0.39, 0.29) is 5.91 Å². The molecule has 4 nitrogen and oxygen atoms in total. The van der Waals surface area contributed by atoms with Gasteiger partial charge < -0.3 is 14.8 Å². The fourth-order valence-corrected chi connectivity index (χ4v) is 1.79. The van der Waals surface area contributed by atoms with Gasteiger partial charge in [-0.1, -0.05) is 52.0 Å². The smallest absolute Gasteiger partial charge is 0.220 e. The first-order chi connectivity index (χ1) is 11.8. The third-order valence-electron chi connectivity index (χ3n) is 2.99. The van der Waals surface area contributed by atoms with Crippen molar-refractivity contribution in [2.24, 2.45) is 0 Å². The van der Waals surface area contributed by atoms with E-state index in [1.54, 1.807) is 7.11 Å². The van der Waals surface area contributed by atoms with E-state index < -0.39 is 0 Å². The first-order valence-corrected chi connectivity index (χ1v) is 9.17. The molecule has 1 aromatic carbocycles. The highest BCUT2D eigenvalue weighted by Crippen LogP contribution is 2.06. The largest absolute Gasteiger partial charge is 0.385 e. The molecule has 0 unspecified atom stereocenters. The summed E-state index contributed by atoms with van der Waals surface area (Å²) in [6, 6.07) is 8.13. The standard InChI is InChI=1S/C16H25NO3.2C2H6/c1-3-20-13-15-9-7-14(8-10-15)12-17-16(18)6-4-5-11-19-2;2*1-2/h7-10H,3-6,11-13H2,1-2H3,(H,17,18);2*1-2H3. The van der Waals surface area contributed by atoms with Crippen LogP contribution in [0.15, 0.2) is 24.3 Å². The number of amides is 1. The Morgan fingerprint density at radius 1 is 1.00 bits per heavy atom. The monoisotopic (exact) mass is 339 g/mol. The van der Waals surface area contributed by atoms with Gasteiger partial charge in [0.15, 0.2) is 0 Å². The average Bonchev–Trinajstić information content (AvgIpc) is 2.66. The minimum atomic E-state index is 0.0968. The molecule has 0 fully saturated rings. The molecule has 0 aliphatic rings. The molecule has 24 heavy (non-hydrogen) atoms. The number of unbranched alkanes of at least 4 members (excludes halogenated alkanes) is 1. The molecule has 1 N–H and O–H groups in total. The molecule has 0 aliphatic heterocycles. The lowest BCUT2D eigenvalue weighted by Gasteiger charge is -2.07. The van der Waals surface area contributed by atoms with Crippen molar-refractivity contribution in [3.8, 4) is 0 Å². The van der Waals surface area contributed by atoms with Crippen molar-refractivity contribution >= 4 is 5.91 Å². The van der Waals surface area contributed by atoms with Crippen LogP contribution in [0.1, 0.15) is 65.0 Å². The van der Waals surface area contributed by atoms with E-state index in [0.717, 1.165) is 30.6 Å². The van der Waals surface area contributed by atoms with Crippen molar-refractivity contribution in [1.82, 2.24) is 5.32 Å². The number of hydrogen-bond donors (Lipinski definition) is 1. The summed E-state index contributed by atoms with van der Waals surface area (Å²) >= 11 is 0. The lowest BCUT2D eigenvalue weighted by molar-refractivity contribution is -0.121. The number of carbonyl (C=O) groups excluding carboxylic acids is 1. The van der Waals surface area contributed by atoms with E-state index in [0.29, 0.717) is 26.2 Å². The summed E-state index contributed by atoms with van der Waals surface area (Å²) in [5.41, 5.74) is 2.26. The van der Waals surface area contributed by atoms with Crippen LogP contribution in [0, 0.1) is 0 Å². The van der Waals surface area contributed by atoms with Crippen LogP contribution < -0.4 is 5.32 Å². The maximum absolute atomic E-state index is 11.6. The molecule has 1 aromatic rings. The Morgan fingerprint density at radius 2 is 1.58 bits per heavy atom. The number of hydrogen-bond acceptors (Lipinski definition) is 3. The second-order valence-electron chi connectivity index (χ2n) is 4.68. The molecule has 0 heterocycles. The molecule has 0 aliphatic carbocycles. The van der Waals surface area contributed by atoms with E-state index >= 15 is 0 Å². The zero-order valence-electron chi connectivity index (χ0n) is 16.5. The topological polar surface area (TPSA) is 47.6 Å². The van der Waals surface area contributed by atoms with Gasteiger partial charge in [0, 0.05) is 33.3 Å². The van der Waals surface area contributed by atoms with Crippen LogP contribution in [-0.2, 0) is 27.4 Å². The number of benzene rings is 1. The van der Waals surface area contributed by atoms with E-state index in [1.807, 2.05) is 58.9 Å². The summed E-state index contributed by atoms with van der Waals surface area (Å²) in [7, 11) is 1.68. The summed E-state index contributed by atoms with van der Waals surface area (Å²) in [5.74, 6) is 0.0968. The number of carbonyl (C=O) groups is 1. The van der Waals surface area contributed by atoms with Crippen molar-refractivity contribution in [3.63, 3.8) is 0 Å². The summed E-state index contributed by atoms with van der Waals surface area (Å²) in [5, 5.41) is 2.93. The van der Waals surface area contributed by atoms with E-state index in [9.17, 15) is 4.79 Å². The predicted octanol–water partition coefficient (Wildman–Crippen LogP) is 4.71. The normalized spacial score (nSPS) is 9.25. The van der Waals surface area contributed by atoms with Gasteiger partial charge in [0.2, 0.25) is 5.91 Å². The molecule has 1 rings (SSSR count). The van der Waals surface area contributed by atoms with Gasteiger partial charge >= 0.3 is 0 Å². The molecule has 0 saturated carbocycles. The first kappa shape index (κ1) is 24.9. The number of rotatable bonds is 10. The highest BCUT2D eigenvalue weighted by molar-refractivity contribution is 5.75. The summed E-state index contributed by atoms with van der Waals surface area (Å²) in [6.45, 7) is 12.6. The Labute approximate surface area is 148 Å². The SMILES string of the molecule is CC.CC.CCOCc1ccc(CNC(=O)CCCCOC)cc1. The molecule has 0 atom stereocenters. The van der Waals surface area contributed by atoms with Gasteiger partial charge in [-0.2, -0.15) is 0 Å². The third-order valence-corrected chi connectivity index (χ3v) is 2.99. The zero-order valence-corrected chi connectivity index (χ0v) is 16.5. The van der Waals surface area contributed by atoms with Gasteiger partial charge in [-0.05, 0) is 30.9 Å². The van der Waals surface area contributed by atoms with E-state index in [1.165, 1.54) is 0 Å². The van der Waals surface area contributed by atoms with Crippen LogP contribution in [-0.4, -0.2) is 26.2 Å². The maximum atomic E-state index is 11.6. The number of ether oxygens (including phenoxy) is 2. The van der Waals surface area contributed by atoms with Crippen LogP contribution in [0.4, 0.5) is 0 Å². The Kier molecular flexibility index (Phi) is 20.4. The van der Waals surface area contributed by atoms with Gasteiger partial charge in [0.05, 0.1) is 6.61 Å². The maximum Gasteiger partial charge on any atom is 0.220 e. The lowest BCUT2D eigenvalue weighted by Crippen LogP contribution is -2.22. The third kappa shape index (κ3) is 14.2. The van der Waals surface area contributed by atoms with Crippen molar-refractivity contribution in [3.05, 3.63) is 35.4 Å². The fourth-order valence-electron chi connectivity index (χ4n) is 1.79. The van der Waals surface area contributed by atoms with Crippen LogP contribution in [0.2, 0.25) is 0 Å². The Morgan fingerprint density at radius 3 is 2.12 bits per heavy atom. The van der Waals surface area contributed by atoms with Crippen molar-refractivity contribution < 1.29 is 14.3 Å². The molecule has 0 saturated heterocycles. The van der Waals surface area contributed by atoms with Gasteiger partial charge in [-0.3, -0.25) is 4.79 Å². The number of methoxy groups -OCH3 is 1. The molecule has 0 aromatic heterocycles. The summed E-state index contributed by atoms with van der Waals surface area (Å²) < 4.78 is 10.3. The zero-order chi connectivity index (χ0) is 18.6. The average molecular weight is 340 g/mol. The van der Waals surface area contributed by atoms with Crippen LogP contribution in [0.3, 0.4) is 0 Å². The van der Waals surface area contributed by atoms with Gasteiger partial charge in [0.1, 0.15) is 0 Å². The molecular weight excluding hydrogens is 302 g/mol. The summed E-state index contributed by atoms with van der Waals surface area (Å²) in [4.78, 5) is 11.6. The number of nitrogens with one attached hydrogen (secondary N) is 1. The molecule has 0 spiro atoms. The molecule has 1 amide bonds. The molecule has 4 heteroatoms. The molecule has 0 bridgehead atoms. The lowest BCUT2D eigenvalue weighted by atomic mass is 10.1. The van der Waals surface area contributed by atoms with E-state index in [2.05, 4.69) is 5.32 Å². The Bertz CT molecular complexity index is 377. The second-order valence-corrected chi connectivity index (χ2v) is 4.68. The molecule has 0 radical (unpaired) electrons. The van der Waals surface area contributed by atoms with Gasteiger partial charge in [-0.15, -0.1) is 0 Å².